The van der Waals surface area contributed by atoms with Crippen molar-refractivity contribution in [1.82, 2.24) is 10.3 Å². The Kier molecular flexibility index (Phi) is 4.29. The standard InChI is InChI=1S/C16H16BrN3O2/c1-22-14-5-3-2-4-11(14)8-13-10-19-16(21)20(13)15-7-6-12(17)9-18-15/h2-7,9,13H,8,10H2,1H3,(H,19,21). The summed E-state index contributed by atoms with van der Waals surface area (Å²) in [5.74, 6) is 1.49. The molecule has 1 atom stereocenters. The Morgan fingerprint density at radius 2 is 2.18 bits per heavy atom. The normalized spacial score (nSPS) is 17.5. The second-order valence-electron chi connectivity index (χ2n) is 5.06. The predicted molar refractivity (Wildman–Crippen MR) is 88.3 cm³/mol. The lowest BCUT2D eigenvalue weighted by Crippen LogP contribution is -2.36. The van der Waals surface area contributed by atoms with Crippen molar-refractivity contribution in [3.8, 4) is 5.75 Å². The van der Waals surface area contributed by atoms with Gasteiger partial charge in [0.1, 0.15) is 11.6 Å². The van der Waals surface area contributed by atoms with E-state index in [1.165, 1.54) is 0 Å². The number of urea groups is 1. The van der Waals surface area contributed by atoms with Gasteiger partial charge in [-0.3, -0.25) is 4.90 Å². The van der Waals surface area contributed by atoms with E-state index in [0.717, 1.165) is 15.8 Å². The molecular weight excluding hydrogens is 346 g/mol. The molecule has 1 aliphatic rings. The number of halogens is 1. The van der Waals surface area contributed by atoms with E-state index in [1.807, 2.05) is 36.4 Å². The number of rotatable bonds is 4. The topological polar surface area (TPSA) is 54.5 Å². The molecule has 1 N–H and O–H groups in total. The van der Waals surface area contributed by atoms with E-state index in [9.17, 15) is 4.79 Å². The molecule has 22 heavy (non-hydrogen) atoms. The lowest BCUT2D eigenvalue weighted by atomic mass is 10.0. The minimum absolute atomic E-state index is 0.0116. The van der Waals surface area contributed by atoms with Crippen LogP contribution in [0.3, 0.4) is 0 Å². The summed E-state index contributed by atoms with van der Waals surface area (Å²) in [4.78, 5) is 18.2. The van der Waals surface area contributed by atoms with Gasteiger partial charge in [0.05, 0.1) is 13.2 Å². The highest BCUT2D eigenvalue weighted by molar-refractivity contribution is 9.10. The van der Waals surface area contributed by atoms with E-state index in [4.69, 9.17) is 4.74 Å². The maximum atomic E-state index is 12.1. The maximum Gasteiger partial charge on any atom is 0.323 e. The zero-order chi connectivity index (χ0) is 15.5. The van der Waals surface area contributed by atoms with Crippen LogP contribution in [0.5, 0.6) is 5.75 Å². The van der Waals surface area contributed by atoms with E-state index >= 15 is 0 Å². The van der Waals surface area contributed by atoms with Crippen LogP contribution in [-0.2, 0) is 6.42 Å². The second kappa shape index (κ2) is 6.36. The molecule has 0 radical (unpaired) electrons. The van der Waals surface area contributed by atoms with Crippen LogP contribution in [0.25, 0.3) is 0 Å². The van der Waals surface area contributed by atoms with Gasteiger partial charge in [0.2, 0.25) is 0 Å². The summed E-state index contributed by atoms with van der Waals surface area (Å²) in [5, 5.41) is 2.88. The largest absolute Gasteiger partial charge is 0.496 e. The van der Waals surface area contributed by atoms with Crippen molar-refractivity contribution in [3.05, 3.63) is 52.6 Å². The van der Waals surface area contributed by atoms with Crippen LogP contribution in [0.1, 0.15) is 5.56 Å². The minimum atomic E-state index is -0.116. The molecule has 2 aromatic rings. The zero-order valence-electron chi connectivity index (χ0n) is 12.1. The third-order valence-electron chi connectivity index (χ3n) is 3.68. The highest BCUT2D eigenvalue weighted by Crippen LogP contribution is 2.25. The Morgan fingerprint density at radius 3 is 2.91 bits per heavy atom. The first-order valence-electron chi connectivity index (χ1n) is 6.99. The van der Waals surface area contributed by atoms with E-state index in [2.05, 4.69) is 26.2 Å². The van der Waals surface area contributed by atoms with Crippen LogP contribution in [0.15, 0.2) is 47.1 Å². The van der Waals surface area contributed by atoms with Gasteiger partial charge in [-0.15, -0.1) is 0 Å². The number of para-hydroxylation sites is 1. The van der Waals surface area contributed by atoms with Crippen molar-refractivity contribution < 1.29 is 9.53 Å². The molecule has 0 aliphatic carbocycles. The Morgan fingerprint density at radius 1 is 1.36 bits per heavy atom. The fourth-order valence-electron chi connectivity index (χ4n) is 2.64. The molecule has 1 aromatic heterocycles. The molecule has 1 aromatic carbocycles. The number of anilines is 1. The fourth-order valence-corrected chi connectivity index (χ4v) is 2.87. The van der Waals surface area contributed by atoms with Gasteiger partial charge in [-0.1, -0.05) is 18.2 Å². The third kappa shape index (κ3) is 2.92. The fraction of sp³-hybridized carbons (Fsp3) is 0.250. The first-order valence-corrected chi connectivity index (χ1v) is 7.79. The molecule has 0 bridgehead atoms. The lowest BCUT2D eigenvalue weighted by molar-refractivity contribution is 0.251. The summed E-state index contributed by atoms with van der Waals surface area (Å²) < 4.78 is 6.28. The van der Waals surface area contributed by atoms with Crippen molar-refractivity contribution >= 4 is 27.8 Å². The molecule has 5 nitrogen and oxygen atoms in total. The van der Waals surface area contributed by atoms with E-state index in [0.29, 0.717) is 18.8 Å². The molecule has 114 valence electrons. The number of benzene rings is 1. The van der Waals surface area contributed by atoms with Crippen LogP contribution in [0.2, 0.25) is 0 Å². The monoisotopic (exact) mass is 361 g/mol. The van der Waals surface area contributed by atoms with Crippen molar-refractivity contribution in [2.45, 2.75) is 12.5 Å². The molecule has 2 amide bonds. The number of nitrogens with one attached hydrogen (secondary N) is 1. The van der Waals surface area contributed by atoms with Crippen molar-refractivity contribution in [2.24, 2.45) is 0 Å². The SMILES string of the molecule is COc1ccccc1CC1CNC(=O)N1c1ccc(Br)cn1. The van der Waals surface area contributed by atoms with E-state index in [-0.39, 0.29) is 12.1 Å². The van der Waals surface area contributed by atoms with Crippen molar-refractivity contribution in [3.63, 3.8) is 0 Å². The first kappa shape index (κ1) is 14.8. The van der Waals surface area contributed by atoms with Gasteiger partial charge in [-0.2, -0.15) is 0 Å². The van der Waals surface area contributed by atoms with Crippen LogP contribution >= 0.6 is 15.9 Å². The smallest absolute Gasteiger partial charge is 0.323 e. The van der Waals surface area contributed by atoms with Crippen molar-refractivity contribution in [2.75, 3.05) is 18.6 Å². The second-order valence-corrected chi connectivity index (χ2v) is 5.98. The zero-order valence-corrected chi connectivity index (χ0v) is 13.7. The third-order valence-corrected chi connectivity index (χ3v) is 4.15. The summed E-state index contributed by atoms with van der Waals surface area (Å²) in [6.45, 7) is 0.592. The minimum Gasteiger partial charge on any atom is -0.496 e. The number of hydrogen-bond acceptors (Lipinski definition) is 3. The van der Waals surface area contributed by atoms with Crippen LogP contribution < -0.4 is 15.0 Å². The van der Waals surface area contributed by atoms with E-state index in [1.54, 1.807) is 18.2 Å². The number of hydrogen-bond donors (Lipinski definition) is 1. The number of pyridine rings is 1. The van der Waals surface area contributed by atoms with Gasteiger partial charge in [-0.25, -0.2) is 9.78 Å². The first-order chi connectivity index (χ1) is 10.7. The predicted octanol–water partition coefficient (Wildman–Crippen LogP) is 2.99. The molecule has 0 saturated carbocycles. The summed E-state index contributed by atoms with van der Waals surface area (Å²) in [6, 6.07) is 11.5. The number of carbonyl (C=O) groups is 1. The number of ether oxygens (including phenoxy) is 1. The number of carbonyl (C=O) groups excluding carboxylic acids is 1. The summed E-state index contributed by atoms with van der Waals surface area (Å²) >= 11 is 3.36. The van der Waals surface area contributed by atoms with Gasteiger partial charge in [-0.05, 0) is 46.1 Å². The number of methoxy groups -OCH3 is 1. The number of aromatic nitrogens is 1. The molecule has 1 aliphatic heterocycles. The molecule has 1 fully saturated rings. The maximum absolute atomic E-state index is 12.1. The molecule has 2 heterocycles. The highest BCUT2D eigenvalue weighted by Gasteiger charge is 2.33. The van der Waals surface area contributed by atoms with Gasteiger partial charge in [0.25, 0.3) is 0 Å². The van der Waals surface area contributed by atoms with Crippen LogP contribution in [0, 0.1) is 0 Å². The summed E-state index contributed by atoms with van der Waals surface area (Å²) in [5.41, 5.74) is 1.08. The number of amides is 2. The Labute approximate surface area is 137 Å². The molecular formula is C16H16BrN3O2. The Balaban J connectivity index is 1.86. The van der Waals surface area contributed by atoms with E-state index < -0.39 is 0 Å². The molecule has 3 rings (SSSR count). The average molecular weight is 362 g/mol. The molecule has 0 spiro atoms. The average Bonchev–Trinajstić information content (AvgIpc) is 2.89. The molecule has 6 heteroatoms. The highest BCUT2D eigenvalue weighted by atomic mass is 79.9. The summed E-state index contributed by atoms with van der Waals surface area (Å²) in [6.07, 6.45) is 2.40. The summed E-state index contributed by atoms with van der Waals surface area (Å²) in [7, 11) is 1.66. The Hall–Kier alpha value is -2.08. The van der Waals surface area contributed by atoms with Crippen LogP contribution in [0.4, 0.5) is 10.6 Å². The molecule has 1 unspecified atom stereocenters. The molecule has 1 saturated heterocycles. The van der Waals surface area contributed by atoms with Crippen LogP contribution in [-0.4, -0.2) is 30.7 Å². The van der Waals surface area contributed by atoms with Gasteiger partial charge < -0.3 is 10.1 Å². The quantitative estimate of drug-likeness (QED) is 0.910. The lowest BCUT2D eigenvalue weighted by Gasteiger charge is -2.22. The Bertz CT molecular complexity index is 675. The van der Waals surface area contributed by atoms with Gasteiger partial charge in [0.15, 0.2) is 0 Å². The van der Waals surface area contributed by atoms with Gasteiger partial charge in [0, 0.05) is 17.2 Å². The van der Waals surface area contributed by atoms with Gasteiger partial charge >= 0.3 is 6.03 Å². The van der Waals surface area contributed by atoms with Crippen molar-refractivity contribution in [1.29, 1.82) is 0 Å². The number of nitrogens with zero attached hydrogens (tertiary/aromatic N) is 2.